The molecule has 0 bridgehead atoms. The number of anilines is 3. The summed E-state index contributed by atoms with van der Waals surface area (Å²) in [6.45, 7) is 14.5. The Bertz CT molecular complexity index is 2810. The number of benzene rings is 7. The summed E-state index contributed by atoms with van der Waals surface area (Å²) < 4.78 is 0. The summed E-state index contributed by atoms with van der Waals surface area (Å²) in [6.07, 6.45) is 0. The van der Waals surface area contributed by atoms with Crippen LogP contribution in [0.2, 0.25) is 13.1 Å². The molecule has 2 aliphatic rings. The maximum atomic E-state index is 5.09. The Labute approximate surface area is 343 Å². The Kier molecular flexibility index (Phi) is 8.26. The third-order valence-corrected chi connectivity index (χ3v) is 16.3. The van der Waals surface area contributed by atoms with Crippen LogP contribution in [0.25, 0.3) is 45.3 Å². The second-order valence-corrected chi connectivity index (χ2v) is 21.7. The van der Waals surface area contributed by atoms with E-state index in [2.05, 4.69) is 179 Å². The van der Waals surface area contributed by atoms with Crippen LogP contribution in [-0.4, -0.2) is 23.0 Å². The summed E-state index contributed by atoms with van der Waals surface area (Å²) in [5, 5.41) is 2.93. The highest BCUT2D eigenvalue weighted by Gasteiger charge is 2.43. The molecule has 0 spiro atoms. The van der Waals surface area contributed by atoms with E-state index in [4.69, 9.17) is 15.0 Å². The fraction of sp³-hybridized carbons (Fsp3) is 0.151. The van der Waals surface area contributed by atoms with Crippen molar-refractivity contribution in [1.82, 2.24) is 15.0 Å². The SMILES string of the molecule is CC1(C)c2ccc(-c3ccc4c(c3)[Si](C)(C)c3ccccc3N4c3ccccc3)cc2C(C)(C)c2cc(-c3nc(-c4ccccc4)nc(-c4ccccc4)n3)ccc21. The smallest absolute Gasteiger partial charge is 0.164 e. The minimum Gasteiger partial charge on any atom is -0.311 e. The number of hydrogen-bond donors (Lipinski definition) is 0. The van der Waals surface area contributed by atoms with Crippen molar-refractivity contribution in [2.45, 2.75) is 51.6 Å². The molecule has 7 aromatic carbocycles. The van der Waals surface area contributed by atoms with Crippen molar-refractivity contribution >= 4 is 35.5 Å². The molecule has 0 N–H and O–H groups in total. The van der Waals surface area contributed by atoms with Gasteiger partial charge in [-0.3, -0.25) is 0 Å². The first-order valence-corrected chi connectivity index (χ1v) is 23.3. The molecule has 1 aromatic heterocycles. The zero-order chi connectivity index (χ0) is 39.8. The molecule has 282 valence electrons. The van der Waals surface area contributed by atoms with Crippen LogP contribution in [0.15, 0.2) is 170 Å². The highest BCUT2D eigenvalue weighted by atomic mass is 28.3. The van der Waals surface area contributed by atoms with E-state index in [-0.39, 0.29) is 10.8 Å². The topological polar surface area (TPSA) is 41.9 Å². The summed E-state index contributed by atoms with van der Waals surface area (Å²) in [6, 6.07) is 61.5. The van der Waals surface area contributed by atoms with Gasteiger partial charge in [-0.2, -0.15) is 0 Å². The molecular formula is C53H46N4Si. The summed E-state index contributed by atoms with van der Waals surface area (Å²) in [5.74, 6) is 2.02. The molecular weight excluding hydrogens is 721 g/mol. The standard InChI is InChI=1S/C53H46N4Si/c1-52(2)41-29-26-37(38-28-31-46-48(34-38)58(5,6)47-25-17-16-24-45(47)57(46)40-22-14-9-15-23-40)32-43(41)53(3,4)44-33-39(27-30-42(44)52)51-55-49(35-18-10-7-11-19-35)54-50(56-51)36-20-12-8-13-21-36/h7-34H,1-6H3. The van der Waals surface area contributed by atoms with Crippen LogP contribution in [0, 0.1) is 0 Å². The van der Waals surface area contributed by atoms with Crippen LogP contribution in [0.4, 0.5) is 17.1 Å². The van der Waals surface area contributed by atoms with Gasteiger partial charge in [0.05, 0.1) is 0 Å². The molecule has 0 atom stereocenters. The van der Waals surface area contributed by atoms with Gasteiger partial charge in [0, 0.05) is 44.6 Å². The molecule has 58 heavy (non-hydrogen) atoms. The van der Waals surface area contributed by atoms with Crippen molar-refractivity contribution in [3.8, 4) is 45.3 Å². The third-order valence-electron chi connectivity index (χ3n) is 12.8. The lowest BCUT2D eigenvalue weighted by Gasteiger charge is -2.44. The molecule has 1 aliphatic carbocycles. The molecule has 0 saturated heterocycles. The minimum atomic E-state index is -2.05. The molecule has 0 saturated carbocycles. The zero-order valence-corrected chi connectivity index (χ0v) is 35.0. The maximum absolute atomic E-state index is 5.09. The Morgan fingerprint density at radius 3 is 1.41 bits per heavy atom. The average Bonchev–Trinajstić information content (AvgIpc) is 3.26. The Balaban J connectivity index is 1.09. The maximum Gasteiger partial charge on any atom is 0.164 e. The van der Waals surface area contributed by atoms with E-state index in [1.165, 1.54) is 60.8 Å². The normalized spacial score (nSPS) is 15.4. The lowest BCUT2D eigenvalue weighted by molar-refractivity contribution is 0.521. The van der Waals surface area contributed by atoms with Crippen LogP contribution < -0.4 is 15.3 Å². The van der Waals surface area contributed by atoms with Gasteiger partial charge in [-0.05, 0) is 80.2 Å². The van der Waals surface area contributed by atoms with Gasteiger partial charge in [0.15, 0.2) is 17.5 Å². The van der Waals surface area contributed by atoms with E-state index in [1.54, 1.807) is 0 Å². The second kappa shape index (κ2) is 13.3. The number of rotatable bonds is 5. The van der Waals surface area contributed by atoms with Gasteiger partial charge in [0.2, 0.25) is 0 Å². The first-order chi connectivity index (χ1) is 28.0. The van der Waals surface area contributed by atoms with E-state index >= 15 is 0 Å². The van der Waals surface area contributed by atoms with Gasteiger partial charge < -0.3 is 4.90 Å². The summed E-state index contributed by atoms with van der Waals surface area (Å²) in [4.78, 5) is 17.6. The lowest BCUT2D eigenvalue weighted by atomic mass is 9.59. The fourth-order valence-corrected chi connectivity index (χ4v) is 12.5. The van der Waals surface area contributed by atoms with Crippen molar-refractivity contribution in [3.63, 3.8) is 0 Å². The molecule has 0 fully saturated rings. The molecule has 10 rings (SSSR count). The van der Waals surface area contributed by atoms with Gasteiger partial charge in [-0.25, -0.2) is 15.0 Å². The predicted molar refractivity (Wildman–Crippen MR) is 244 cm³/mol. The average molecular weight is 767 g/mol. The third kappa shape index (κ3) is 5.67. The van der Waals surface area contributed by atoms with Gasteiger partial charge in [0.1, 0.15) is 8.07 Å². The van der Waals surface area contributed by atoms with Crippen LogP contribution >= 0.6 is 0 Å². The first kappa shape index (κ1) is 35.9. The second-order valence-electron chi connectivity index (χ2n) is 17.4. The summed E-state index contributed by atoms with van der Waals surface area (Å²) >= 11 is 0. The highest BCUT2D eigenvalue weighted by molar-refractivity contribution is 7.02. The summed E-state index contributed by atoms with van der Waals surface area (Å²) in [5.41, 5.74) is 14.1. The largest absolute Gasteiger partial charge is 0.311 e. The number of fused-ring (bicyclic) bond motifs is 4. The monoisotopic (exact) mass is 766 g/mol. The van der Waals surface area contributed by atoms with Crippen molar-refractivity contribution in [2.24, 2.45) is 0 Å². The van der Waals surface area contributed by atoms with Crippen molar-refractivity contribution < 1.29 is 0 Å². The quantitative estimate of drug-likeness (QED) is 0.164. The van der Waals surface area contributed by atoms with Crippen molar-refractivity contribution in [2.75, 3.05) is 4.90 Å². The molecule has 8 aromatic rings. The van der Waals surface area contributed by atoms with Crippen LogP contribution in [-0.2, 0) is 10.8 Å². The van der Waals surface area contributed by atoms with Crippen molar-refractivity contribution in [3.05, 3.63) is 192 Å². The van der Waals surface area contributed by atoms with Crippen LogP contribution in [0.5, 0.6) is 0 Å². The number of hydrogen-bond acceptors (Lipinski definition) is 4. The lowest BCUT2D eigenvalue weighted by Crippen LogP contribution is -2.58. The van der Waals surface area contributed by atoms with Gasteiger partial charge in [-0.15, -0.1) is 0 Å². The Morgan fingerprint density at radius 2 is 0.810 bits per heavy atom. The molecule has 0 radical (unpaired) electrons. The van der Waals surface area contributed by atoms with E-state index in [0.29, 0.717) is 17.5 Å². The Morgan fingerprint density at radius 1 is 0.379 bits per heavy atom. The van der Waals surface area contributed by atoms with Crippen LogP contribution in [0.1, 0.15) is 49.9 Å². The molecule has 2 heterocycles. The number of aromatic nitrogens is 3. The predicted octanol–water partition coefficient (Wildman–Crippen LogP) is 12.1. The molecule has 4 nitrogen and oxygen atoms in total. The number of nitrogens with zero attached hydrogens (tertiary/aromatic N) is 4. The minimum absolute atomic E-state index is 0.203. The molecule has 1 aliphatic heterocycles. The molecule has 5 heteroatoms. The fourth-order valence-electron chi connectivity index (χ4n) is 9.50. The zero-order valence-electron chi connectivity index (χ0n) is 34.0. The van der Waals surface area contributed by atoms with E-state index in [9.17, 15) is 0 Å². The Hall–Kier alpha value is -6.43. The van der Waals surface area contributed by atoms with Gasteiger partial charge in [0.25, 0.3) is 0 Å². The molecule has 0 unspecified atom stereocenters. The van der Waals surface area contributed by atoms with E-state index in [0.717, 1.165) is 16.7 Å². The highest BCUT2D eigenvalue weighted by Crippen LogP contribution is 2.51. The molecule has 0 amide bonds. The van der Waals surface area contributed by atoms with Gasteiger partial charge in [-0.1, -0.05) is 174 Å². The number of para-hydroxylation sites is 2. The van der Waals surface area contributed by atoms with Crippen LogP contribution in [0.3, 0.4) is 0 Å². The van der Waals surface area contributed by atoms with E-state index < -0.39 is 8.07 Å². The van der Waals surface area contributed by atoms with Crippen molar-refractivity contribution in [1.29, 1.82) is 0 Å². The van der Waals surface area contributed by atoms with E-state index in [1.807, 2.05) is 36.4 Å². The van der Waals surface area contributed by atoms with Gasteiger partial charge >= 0.3 is 0 Å². The first-order valence-electron chi connectivity index (χ1n) is 20.3. The summed E-state index contributed by atoms with van der Waals surface area (Å²) in [7, 11) is -2.05.